The highest BCUT2D eigenvalue weighted by atomic mass is 16.5. The van der Waals surface area contributed by atoms with Crippen molar-refractivity contribution < 1.29 is 9.53 Å². The number of hydrogen-bond acceptors (Lipinski definition) is 3. The molecule has 0 radical (unpaired) electrons. The van der Waals surface area contributed by atoms with Gasteiger partial charge in [-0.25, -0.2) is 0 Å². The Labute approximate surface area is 89.4 Å². The second-order valence-corrected chi connectivity index (χ2v) is 3.19. The van der Waals surface area contributed by atoms with E-state index in [0.29, 0.717) is 13.1 Å². The summed E-state index contributed by atoms with van der Waals surface area (Å²) in [7, 11) is 0. The van der Waals surface area contributed by atoms with Crippen LogP contribution in [0.15, 0.2) is 24.3 Å². The number of amides is 1. The first-order chi connectivity index (χ1) is 7.24. The van der Waals surface area contributed by atoms with Gasteiger partial charge in [0.05, 0.1) is 0 Å². The van der Waals surface area contributed by atoms with Crippen molar-refractivity contribution in [3.05, 3.63) is 29.8 Å². The summed E-state index contributed by atoms with van der Waals surface area (Å²) in [5.41, 5.74) is 6.27. The molecule has 0 fully saturated rings. The number of nitrogens with one attached hydrogen (secondary N) is 1. The Morgan fingerprint density at radius 1 is 1.47 bits per heavy atom. The van der Waals surface area contributed by atoms with E-state index in [-0.39, 0.29) is 12.5 Å². The van der Waals surface area contributed by atoms with Gasteiger partial charge in [0.25, 0.3) is 5.91 Å². The maximum atomic E-state index is 11.2. The number of rotatable bonds is 5. The summed E-state index contributed by atoms with van der Waals surface area (Å²) >= 11 is 0. The Bertz CT molecular complexity index is 326. The van der Waals surface area contributed by atoms with Crippen LogP contribution in [0.5, 0.6) is 5.75 Å². The molecule has 0 aliphatic carbocycles. The Morgan fingerprint density at radius 3 is 2.87 bits per heavy atom. The number of carbonyl (C=O) groups is 1. The molecule has 0 saturated carbocycles. The van der Waals surface area contributed by atoms with Crippen LogP contribution in [0.4, 0.5) is 0 Å². The van der Waals surface area contributed by atoms with Crippen LogP contribution in [0.25, 0.3) is 0 Å². The molecule has 3 N–H and O–H groups in total. The molecule has 4 heteroatoms. The molecule has 0 aromatic heterocycles. The van der Waals surface area contributed by atoms with Crippen LogP contribution >= 0.6 is 0 Å². The van der Waals surface area contributed by atoms with Gasteiger partial charge in [0, 0.05) is 13.1 Å². The van der Waals surface area contributed by atoms with Crippen molar-refractivity contribution in [3.63, 3.8) is 0 Å². The lowest BCUT2D eigenvalue weighted by atomic mass is 10.2. The number of benzene rings is 1. The summed E-state index contributed by atoms with van der Waals surface area (Å²) in [6.07, 6.45) is 0. The van der Waals surface area contributed by atoms with E-state index in [0.717, 1.165) is 11.3 Å². The second kappa shape index (κ2) is 6.03. The van der Waals surface area contributed by atoms with Gasteiger partial charge >= 0.3 is 0 Å². The first-order valence-corrected chi connectivity index (χ1v) is 4.89. The van der Waals surface area contributed by atoms with E-state index >= 15 is 0 Å². The largest absolute Gasteiger partial charge is 0.484 e. The molecule has 15 heavy (non-hydrogen) atoms. The van der Waals surface area contributed by atoms with E-state index in [9.17, 15) is 4.79 Å². The van der Waals surface area contributed by atoms with E-state index in [1.165, 1.54) is 0 Å². The summed E-state index contributed by atoms with van der Waals surface area (Å²) in [6.45, 7) is 2.89. The average molecular weight is 208 g/mol. The Hall–Kier alpha value is -1.55. The molecule has 0 unspecified atom stereocenters. The van der Waals surface area contributed by atoms with Crippen LogP contribution in [0, 0.1) is 6.92 Å². The summed E-state index contributed by atoms with van der Waals surface area (Å²) in [4.78, 5) is 11.2. The maximum Gasteiger partial charge on any atom is 0.257 e. The van der Waals surface area contributed by atoms with Crippen molar-refractivity contribution >= 4 is 5.91 Å². The zero-order valence-electron chi connectivity index (χ0n) is 8.82. The zero-order chi connectivity index (χ0) is 11.1. The van der Waals surface area contributed by atoms with E-state index in [2.05, 4.69) is 5.32 Å². The maximum absolute atomic E-state index is 11.2. The molecule has 0 spiro atoms. The topological polar surface area (TPSA) is 64.3 Å². The molecule has 1 rings (SSSR count). The lowest BCUT2D eigenvalue weighted by Crippen LogP contribution is -2.32. The molecular weight excluding hydrogens is 192 g/mol. The molecule has 0 aliphatic heterocycles. The summed E-state index contributed by atoms with van der Waals surface area (Å²) in [5, 5.41) is 2.63. The number of ether oxygens (including phenoxy) is 1. The van der Waals surface area contributed by atoms with Crippen molar-refractivity contribution in [3.8, 4) is 5.75 Å². The number of aryl methyl sites for hydroxylation is 1. The van der Waals surface area contributed by atoms with Gasteiger partial charge in [0.2, 0.25) is 0 Å². The minimum absolute atomic E-state index is 0.0326. The molecular formula is C11H16N2O2. The predicted molar refractivity (Wildman–Crippen MR) is 58.7 cm³/mol. The quantitative estimate of drug-likeness (QED) is 0.738. The van der Waals surface area contributed by atoms with Crippen LogP contribution < -0.4 is 15.8 Å². The number of hydrogen-bond donors (Lipinski definition) is 2. The van der Waals surface area contributed by atoms with Gasteiger partial charge in [0.1, 0.15) is 5.75 Å². The third-order valence-corrected chi connectivity index (χ3v) is 1.92. The SMILES string of the molecule is Cc1ccccc1OCC(=O)NCCN. The summed E-state index contributed by atoms with van der Waals surface area (Å²) < 4.78 is 5.34. The number of carbonyl (C=O) groups excluding carboxylic acids is 1. The normalized spacial score (nSPS) is 9.73. The zero-order valence-corrected chi connectivity index (χ0v) is 8.82. The Kier molecular flexibility index (Phi) is 4.63. The first-order valence-electron chi connectivity index (χ1n) is 4.89. The second-order valence-electron chi connectivity index (χ2n) is 3.19. The third-order valence-electron chi connectivity index (χ3n) is 1.92. The van der Waals surface area contributed by atoms with Crippen molar-refractivity contribution in [2.45, 2.75) is 6.92 Å². The van der Waals surface area contributed by atoms with Gasteiger partial charge in [-0.15, -0.1) is 0 Å². The fourth-order valence-electron chi connectivity index (χ4n) is 1.12. The highest BCUT2D eigenvalue weighted by molar-refractivity contribution is 5.77. The fourth-order valence-corrected chi connectivity index (χ4v) is 1.12. The number of para-hydroxylation sites is 1. The Morgan fingerprint density at radius 2 is 2.20 bits per heavy atom. The van der Waals surface area contributed by atoms with Gasteiger partial charge in [-0.2, -0.15) is 0 Å². The highest BCUT2D eigenvalue weighted by Gasteiger charge is 2.02. The first kappa shape index (κ1) is 11.5. The lowest BCUT2D eigenvalue weighted by Gasteiger charge is -2.08. The van der Waals surface area contributed by atoms with Crippen LogP contribution in [0.3, 0.4) is 0 Å². The smallest absolute Gasteiger partial charge is 0.257 e. The van der Waals surface area contributed by atoms with E-state index in [4.69, 9.17) is 10.5 Å². The van der Waals surface area contributed by atoms with Crippen LogP contribution in [-0.4, -0.2) is 25.6 Å². The number of nitrogens with two attached hydrogens (primary N) is 1. The van der Waals surface area contributed by atoms with E-state index < -0.39 is 0 Å². The molecule has 1 aromatic carbocycles. The lowest BCUT2D eigenvalue weighted by molar-refractivity contribution is -0.123. The fraction of sp³-hybridized carbons (Fsp3) is 0.364. The molecule has 0 bridgehead atoms. The van der Waals surface area contributed by atoms with Crippen molar-refractivity contribution in [1.29, 1.82) is 0 Å². The van der Waals surface area contributed by atoms with Gasteiger partial charge in [-0.1, -0.05) is 18.2 Å². The molecule has 1 amide bonds. The molecule has 0 aliphatic rings. The molecule has 0 saturated heterocycles. The molecule has 1 aromatic rings. The van der Waals surface area contributed by atoms with E-state index in [1.54, 1.807) is 0 Å². The van der Waals surface area contributed by atoms with Gasteiger partial charge in [-0.05, 0) is 18.6 Å². The standard InChI is InChI=1S/C11H16N2O2/c1-9-4-2-3-5-10(9)15-8-11(14)13-7-6-12/h2-5H,6-8,12H2,1H3,(H,13,14). The van der Waals surface area contributed by atoms with Crippen molar-refractivity contribution in [2.75, 3.05) is 19.7 Å². The van der Waals surface area contributed by atoms with Crippen LogP contribution in [0.2, 0.25) is 0 Å². The van der Waals surface area contributed by atoms with Gasteiger partial charge in [0.15, 0.2) is 6.61 Å². The molecule has 0 atom stereocenters. The predicted octanol–water partition coefficient (Wildman–Crippen LogP) is 0.449. The molecule has 0 heterocycles. The monoisotopic (exact) mass is 208 g/mol. The average Bonchev–Trinajstić information content (AvgIpc) is 2.25. The minimum Gasteiger partial charge on any atom is -0.484 e. The van der Waals surface area contributed by atoms with Crippen LogP contribution in [-0.2, 0) is 4.79 Å². The van der Waals surface area contributed by atoms with Crippen molar-refractivity contribution in [1.82, 2.24) is 5.32 Å². The van der Waals surface area contributed by atoms with Crippen LogP contribution in [0.1, 0.15) is 5.56 Å². The third kappa shape index (κ3) is 3.99. The minimum atomic E-state index is -0.149. The highest BCUT2D eigenvalue weighted by Crippen LogP contribution is 2.15. The molecule has 82 valence electrons. The summed E-state index contributed by atoms with van der Waals surface area (Å²) in [5.74, 6) is 0.587. The summed E-state index contributed by atoms with van der Waals surface area (Å²) in [6, 6.07) is 7.58. The van der Waals surface area contributed by atoms with Gasteiger partial charge < -0.3 is 15.8 Å². The Balaban J connectivity index is 2.37. The van der Waals surface area contributed by atoms with Gasteiger partial charge in [-0.3, -0.25) is 4.79 Å². The molecule has 4 nitrogen and oxygen atoms in total. The van der Waals surface area contributed by atoms with E-state index in [1.807, 2.05) is 31.2 Å². The van der Waals surface area contributed by atoms with Crippen molar-refractivity contribution in [2.24, 2.45) is 5.73 Å².